The fourth-order valence-corrected chi connectivity index (χ4v) is 1.24. The zero-order valence-electron chi connectivity index (χ0n) is 7.29. The minimum absolute atomic E-state index is 0.201. The van der Waals surface area contributed by atoms with E-state index >= 15 is 0 Å². The van der Waals surface area contributed by atoms with Crippen molar-refractivity contribution in [3.8, 4) is 0 Å². The molecular weight excluding hydrogens is 158 g/mol. The van der Waals surface area contributed by atoms with Gasteiger partial charge in [-0.15, -0.1) is 0 Å². The molecule has 1 aliphatic heterocycles. The van der Waals surface area contributed by atoms with Gasteiger partial charge < -0.3 is 10.5 Å². The molecule has 68 valence electrons. The first kappa shape index (κ1) is 9.19. The first-order valence-corrected chi connectivity index (χ1v) is 3.95. The number of rotatable bonds is 0. The van der Waals surface area contributed by atoms with Gasteiger partial charge >= 0.3 is 5.97 Å². The van der Waals surface area contributed by atoms with Crippen molar-refractivity contribution in [1.29, 1.82) is 0 Å². The molecular formula is C8H13NO3. The summed E-state index contributed by atoms with van der Waals surface area (Å²) in [5.74, 6) is -0.547. The van der Waals surface area contributed by atoms with Crippen molar-refractivity contribution in [3.05, 3.63) is 0 Å². The molecule has 4 heteroatoms. The topological polar surface area (TPSA) is 69.4 Å². The first-order valence-electron chi connectivity index (χ1n) is 3.95. The quantitative estimate of drug-likeness (QED) is 0.521. The van der Waals surface area contributed by atoms with Crippen molar-refractivity contribution < 1.29 is 14.3 Å². The van der Waals surface area contributed by atoms with Crippen LogP contribution < -0.4 is 5.73 Å². The van der Waals surface area contributed by atoms with Crippen LogP contribution in [0.3, 0.4) is 0 Å². The third kappa shape index (κ3) is 1.64. The molecule has 1 atom stereocenters. The third-order valence-corrected chi connectivity index (χ3v) is 1.96. The summed E-state index contributed by atoms with van der Waals surface area (Å²) in [4.78, 5) is 22.4. The van der Waals surface area contributed by atoms with Gasteiger partial charge in [0.1, 0.15) is 0 Å². The summed E-state index contributed by atoms with van der Waals surface area (Å²) >= 11 is 0. The second-order valence-corrected chi connectivity index (χ2v) is 3.49. The Balaban J connectivity index is 2.86. The molecule has 12 heavy (non-hydrogen) atoms. The Morgan fingerprint density at radius 2 is 2.08 bits per heavy atom. The average molecular weight is 171 g/mol. The molecule has 1 saturated heterocycles. The Labute approximate surface area is 71.1 Å². The van der Waals surface area contributed by atoms with Crippen LogP contribution in [0.2, 0.25) is 0 Å². The van der Waals surface area contributed by atoms with Gasteiger partial charge in [-0.3, -0.25) is 9.59 Å². The summed E-state index contributed by atoms with van der Waals surface area (Å²) in [5.41, 5.74) is 4.49. The lowest BCUT2D eigenvalue weighted by molar-refractivity contribution is -0.161. The molecule has 2 N–H and O–H groups in total. The van der Waals surface area contributed by atoms with Gasteiger partial charge in [0.25, 0.3) is 0 Å². The Morgan fingerprint density at radius 3 is 2.67 bits per heavy atom. The standard InChI is InChI=1S/C8H13NO3/c1-8(2)7(11)5(9)3-4-6(10)12-8/h5H,3-4,9H2,1-2H3. The molecule has 1 fully saturated rings. The smallest absolute Gasteiger partial charge is 0.306 e. The summed E-state index contributed by atoms with van der Waals surface area (Å²) < 4.78 is 4.91. The Hall–Kier alpha value is -0.900. The maximum Gasteiger partial charge on any atom is 0.306 e. The zero-order chi connectivity index (χ0) is 9.35. The molecule has 1 unspecified atom stereocenters. The SMILES string of the molecule is CC1(C)OC(=O)CCC(N)C1=O. The van der Waals surface area contributed by atoms with E-state index in [0.29, 0.717) is 6.42 Å². The maximum absolute atomic E-state index is 11.4. The summed E-state index contributed by atoms with van der Waals surface area (Å²) in [6.45, 7) is 3.14. The molecule has 0 aromatic heterocycles. The van der Waals surface area contributed by atoms with Crippen molar-refractivity contribution in [1.82, 2.24) is 0 Å². The predicted molar refractivity (Wildman–Crippen MR) is 42.4 cm³/mol. The fraction of sp³-hybridized carbons (Fsp3) is 0.750. The van der Waals surface area contributed by atoms with Crippen LogP contribution in [-0.2, 0) is 14.3 Å². The molecule has 1 heterocycles. The van der Waals surface area contributed by atoms with Crippen LogP contribution in [0.25, 0.3) is 0 Å². The number of carbonyl (C=O) groups excluding carboxylic acids is 2. The van der Waals surface area contributed by atoms with Gasteiger partial charge in [0.2, 0.25) is 0 Å². The van der Waals surface area contributed by atoms with Crippen LogP contribution in [0.4, 0.5) is 0 Å². The summed E-state index contributed by atoms with van der Waals surface area (Å²) in [7, 11) is 0. The minimum Gasteiger partial charge on any atom is -0.452 e. The number of carbonyl (C=O) groups is 2. The van der Waals surface area contributed by atoms with Crippen LogP contribution in [0.5, 0.6) is 0 Å². The van der Waals surface area contributed by atoms with Crippen molar-refractivity contribution in [2.45, 2.75) is 38.3 Å². The van der Waals surface area contributed by atoms with Crippen LogP contribution in [-0.4, -0.2) is 23.4 Å². The van der Waals surface area contributed by atoms with Crippen LogP contribution in [0.1, 0.15) is 26.7 Å². The minimum atomic E-state index is -1.05. The van der Waals surface area contributed by atoms with Gasteiger partial charge in [-0.2, -0.15) is 0 Å². The number of Topliss-reactive ketones (excluding diaryl/α,β-unsaturated/α-hetero) is 1. The number of nitrogens with two attached hydrogens (primary N) is 1. The number of cyclic esters (lactones) is 1. The van der Waals surface area contributed by atoms with Gasteiger partial charge in [-0.1, -0.05) is 0 Å². The highest BCUT2D eigenvalue weighted by Crippen LogP contribution is 2.19. The maximum atomic E-state index is 11.4. The van der Waals surface area contributed by atoms with E-state index in [1.807, 2.05) is 0 Å². The summed E-state index contributed by atoms with van der Waals surface area (Å²) in [6.07, 6.45) is 0.622. The van der Waals surface area contributed by atoms with Crippen LogP contribution in [0, 0.1) is 0 Å². The van der Waals surface area contributed by atoms with E-state index in [4.69, 9.17) is 10.5 Å². The number of esters is 1. The average Bonchev–Trinajstić information content (AvgIpc) is 2.03. The van der Waals surface area contributed by atoms with Crippen molar-refractivity contribution in [2.75, 3.05) is 0 Å². The lowest BCUT2D eigenvalue weighted by Gasteiger charge is -2.22. The van der Waals surface area contributed by atoms with Gasteiger partial charge in [-0.05, 0) is 20.3 Å². The lowest BCUT2D eigenvalue weighted by atomic mass is 9.96. The summed E-state index contributed by atoms with van der Waals surface area (Å²) in [5, 5.41) is 0. The predicted octanol–water partition coefficient (Wildman–Crippen LogP) is -0.00160. The monoisotopic (exact) mass is 171 g/mol. The van der Waals surface area contributed by atoms with Gasteiger partial charge in [0.15, 0.2) is 11.4 Å². The van der Waals surface area contributed by atoms with E-state index in [-0.39, 0.29) is 18.2 Å². The molecule has 0 spiro atoms. The highest BCUT2D eigenvalue weighted by atomic mass is 16.6. The molecule has 0 amide bonds. The second kappa shape index (κ2) is 2.86. The third-order valence-electron chi connectivity index (χ3n) is 1.96. The fourth-order valence-electron chi connectivity index (χ4n) is 1.24. The molecule has 0 aromatic carbocycles. The molecule has 0 saturated carbocycles. The largest absolute Gasteiger partial charge is 0.452 e. The van der Waals surface area contributed by atoms with Crippen molar-refractivity contribution >= 4 is 11.8 Å². The molecule has 0 bridgehead atoms. The first-order chi connectivity index (χ1) is 5.43. The highest BCUT2D eigenvalue weighted by Gasteiger charge is 2.38. The second-order valence-electron chi connectivity index (χ2n) is 3.49. The van der Waals surface area contributed by atoms with Crippen molar-refractivity contribution in [3.63, 3.8) is 0 Å². The van der Waals surface area contributed by atoms with E-state index in [2.05, 4.69) is 0 Å². The van der Waals surface area contributed by atoms with Gasteiger partial charge in [0, 0.05) is 6.42 Å². The molecule has 1 aliphatic rings. The zero-order valence-corrected chi connectivity index (χ0v) is 7.29. The highest BCUT2D eigenvalue weighted by molar-refractivity contribution is 5.94. The Bertz CT molecular complexity index is 222. The number of ketones is 1. The molecule has 4 nitrogen and oxygen atoms in total. The van der Waals surface area contributed by atoms with E-state index in [9.17, 15) is 9.59 Å². The number of hydrogen-bond donors (Lipinski definition) is 1. The van der Waals surface area contributed by atoms with E-state index < -0.39 is 11.6 Å². The van der Waals surface area contributed by atoms with Crippen molar-refractivity contribution in [2.24, 2.45) is 5.73 Å². The Morgan fingerprint density at radius 1 is 1.50 bits per heavy atom. The lowest BCUT2D eigenvalue weighted by Crippen LogP contribution is -2.44. The summed E-state index contributed by atoms with van der Waals surface area (Å²) in [6, 6.07) is -0.563. The molecule has 0 aliphatic carbocycles. The van der Waals surface area contributed by atoms with E-state index in [0.717, 1.165) is 0 Å². The number of hydrogen-bond acceptors (Lipinski definition) is 4. The van der Waals surface area contributed by atoms with Crippen LogP contribution >= 0.6 is 0 Å². The normalized spacial score (nSPS) is 29.4. The molecule has 0 radical (unpaired) electrons. The molecule has 1 rings (SSSR count). The van der Waals surface area contributed by atoms with Gasteiger partial charge in [0.05, 0.1) is 6.04 Å². The van der Waals surface area contributed by atoms with E-state index in [1.54, 1.807) is 13.8 Å². The molecule has 0 aromatic rings. The Kier molecular flexibility index (Phi) is 2.19. The number of ether oxygens (including phenoxy) is 1. The van der Waals surface area contributed by atoms with Gasteiger partial charge in [-0.25, -0.2) is 0 Å². The van der Waals surface area contributed by atoms with Crippen LogP contribution in [0.15, 0.2) is 0 Å². The van der Waals surface area contributed by atoms with E-state index in [1.165, 1.54) is 0 Å².